The van der Waals surface area contributed by atoms with Crippen molar-refractivity contribution in [1.82, 2.24) is 5.32 Å². The van der Waals surface area contributed by atoms with Gasteiger partial charge < -0.3 is 10.1 Å². The molecule has 0 aliphatic rings. The van der Waals surface area contributed by atoms with Gasteiger partial charge in [-0.15, -0.1) is 0 Å². The Morgan fingerprint density at radius 1 is 1.00 bits per heavy atom. The molecule has 5 heteroatoms. The highest BCUT2D eigenvalue weighted by molar-refractivity contribution is 6.08. The molecule has 0 saturated carbocycles. The van der Waals surface area contributed by atoms with Crippen LogP contribution in [-0.2, 0) is 16.0 Å². The molecule has 1 atom stereocenters. The van der Waals surface area contributed by atoms with E-state index in [1.54, 1.807) is 30.3 Å². The molecule has 3 aromatic rings. The number of amides is 1. The van der Waals surface area contributed by atoms with Crippen LogP contribution in [0.25, 0.3) is 10.8 Å². The number of benzene rings is 3. The number of fused-ring (bicyclic) bond motifs is 1. The highest BCUT2D eigenvalue weighted by Crippen LogP contribution is 2.19. The zero-order chi connectivity index (χ0) is 18.5. The van der Waals surface area contributed by atoms with E-state index in [-0.39, 0.29) is 6.42 Å². The fourth-order valence-corrected chi connectivity index (χ4v) is 2.88. The fraction of sp³-hybridized carbons (Fsp3) is 0.143. The Balaban J connectivity index is 1.88. The second-order valence-corrected chi connectivity index (χ2v) is 5.87. The van der Waals surface area contributed by atoms with Crippen molar-refractivity contribution in [2.24, 2.45) is 0 Å². The molecule has 0 aromatic heterocycles. The molecule has 0 heterocycles. The van der Waals surface area contributed by atoms with Crippen LogP contribution in [0.3, 0.4) is 0 Å². The van der Waals surface area contributed by atoms with Crippen LogP contribution in [0.4, 0.5) is 4.39 Å². The lowest BCUT2D eigenvalue weighted by Crippen LogP contribution is -2.43. The third kappa shape index (κ3) is 3.72. The molecule has 0 fully saturated rings. The summed E-state index contributed by atoms with van der Waals surface area (Å²) in [7, 11) is 1.24. The van der Waals surface area contributed by atoms with Crippen molar-refractivity contribution in [3.8, 4) is 0 Å². The summed E-state index contributed by atoms with van der Waals surface area (Å²) in [6, 6.07) is 18.0. The fourth-order valence-electron chi connectivity index (χ4n) is 2.88. The first-order valence-corrected chi connectivity index (χ1v) is 8.20. The Kier molecular flexibility index (Phi) is 5.27. The van der Waals surface area contributed by atoms with Gasteiger partial charge in [-0.25, -0.2) is 9.18 Å². The maximum absolute atomic E-state index is 13.9. The minimum atomic E-state index is -0.983. The Morgan fingerprint density at radius 3 is 2.46 bits per heavy atom. The van der Waals surface area contributed by atoms with Gasteiger partial charge in [0.25, 0.3) is 5.91 Å². The molecule has 132 valence electrons. The predicted octanol–water partition coefficient (Wildman–Crippen LogP) is 3.49. The molecular weight excluding hydrogens is 333 g/mol. The topological polar surface area (TPSA) is 55.4 Å². The van der Waals surface area contributed by atoms with Crippen LogP contribution in [0.1, 0.15) is 15.9 Å². The zero-order valence-corrected chi connectivity index (χ0v) is 14.2. The number of rotatable bonds is 5. The molecule has 0 spiro atoms. The monoisotopic (exact) mass is 351 g/mol. The summed E-state index contributed by atoms with van der Waals surface area (Å²) in [5, 5.41) is 4.37. The second-order valence-electron chi connectivity index (χ2n) is 5.87. The summed E-state index contributed by atoms with van der Waals surface area (Å²) < 4.78 is 18.7. The van der Waals surface area contributed by atoms with E-state index in [2.05, 4.69) is 5.32 Å². The van der Waals surface area contributed by atoms with E-state index in [1.165, 1.54) is 13.2 Å². The van der Waals surface area contributed by atoms with Gasteiger partial charge in [-0.05, 0) is 28.5 Å². The van der Waals surface area contributed by atoms with Gasteiger partial charge in [0, 0.05) is 12.0 Å². The van der Waals surface area contributed by atoms with Crippen LogP contribution >= 0.6 is 0 Å². The van der Waals surface area contributed by atoms with E-state index in [0.717, 1.165) is 10.8 Å². The molecule has 1 N–H and O–H groups in total. The molecule has 3 aromatic carbocycles. The van der Waals surface area contributed by atoms with E-state index in [4.69, 9.17) is 4.74 Å². The minimum absolute atomic E-state index is 0.00977. The van der Waals surface area contributed by atoms with E-state index >= 15 is 0 Å². The van der Waals surface area contributed by atoms with E-state index in [9.17, 15) is 14.0 Å². The molecule has 4 nitrogen and oxygen atoms in total. The normalized spacial score (nSPS) is 11.8. The summed E-state index contributed by atoms with van der Waals surface area (Å²) in [5.74, 6) is -1.46. The SMILES string of the molecule is COC(=O)[C@@H](Cc1ccccc1F)NC(=O)c1cccc2ccccc12. The number of hydrogen-bond donors (Lipinski definition) is 1. The summed E-state index contributed by atoms with van der Waals surface area (Å²) in [6.07, 6.45) is 0.00977. The number of methoxy groups -OCH3 is 1. The van der Waals surface area contributed by atoms with Gasteiger partial charge in [-0.3, -0.25) is 4.79 Å². The molecule has 0 radical (unpaired) electrons. The van der Waals surface area contributed by atoms with Gasteiger partial charge in [-0.1, -0.05) is 54.6 Å². The summed E-state index contributed by atoms with van der Waals surface area (Å²) in [4.78, 5) is 24.9. The van der Waals surface area contributed by atoms with E-state index in [1.807, 2.05) is 30.3 Å². The zero-order valence-electron chi connectivity index (χ0n) is 14.2. The summed E-state index contributed by atoms with van der Waals surface area (Å²) >= 11 is 0. The van der Waals surface area contributed by atoms with Gasteiger partial charge in [0.15, 0.2) is 0 Å². The van der Waals surface area contributed by atoms with Crippen LogP contribution in [0.5, 0.6) is 0 Å². The van der Waals surface area contributed by atoms with Crippen LogP contribution in [0, 0.1) is 5.82 Å². The first kappa shape index (κ1) is 17.6. The number of esters is 1. The molecule has 0 saturated heterocycles. The molecule has 3 rings (SSSR count). The van der Waals surface area contributed by atoms with Crippen molar-refractivity contribution in [3.05, 3.63) is 83.7 Å². The van der Waals surface area contributed by atoms with Gasteiger partial charge in [-0.2, -0.15) is 0 Å². The largest absolute Gasteiger partial charge is 0.467 e. The van der Waals surface area contributed by atoms with Gasteiger partial charge in [0.05, 0.1) is 7.11 Å². The maximum atomic E-state index is 13.9. The number of halogens is 1. The Bertz CT molecular complexity index is 949. The molecule has 1 amide bonds. The number of nitrogens with one attached hydrogen (secondary N) is 1. The Hall–Kier alpha value is -3.21. The maximum Gasteiger partial charge on any atom is 0.328 e. The summed E-state index contributed by atoms with van der Waals surface area (Å²) in [5.41, 5.74) is 0.784. The van der Waals surface area contributed by atoms with E-state index in [0.29, 0.717) is 11.1 Å². The predicted molar refractivity (Wildman–Crippen MR) is 97.3 cm³/mol. The molecule has 0 bridgehead atoms. The van der Waals surface area contributed by atoms with Gasteiger partial charge in [0.1, 0.15) is 11.9 Å². The van der Waals surface area contributed by atoms with Crippen molar-refractivity contribution in [2.45, 2.75) is 12.5 Å². The Morgan fingerprint density at radius 2 is 1.69 bits per heavy atom. The van der Waals surface area contributed by atoms with Crippen molar-refractivity contribution in [3.63, 3.8) is 0 Å². The highest BCUT2D eigenvalue weighted by Gasteiger charge is 2.24. The Labute approximate surface area is 150 Å². The van der Waals surface area contributed by atoms with E-state index < -0.39 is 23.7 Å². The smallest absolute Gasteiger partial charge is 0.328 e. The molecular formula is C21H18FNO3. The molecule has 0 aliphatic heterocycles. The third-order valence-corrected chi connectivity index (χ3v) is 4.21. The van der Waals surface area contributed by atoms with Crippen LogP contribution < -0.4 is 5.32 Å². The lowest BCUT2D eigenvalue weighted by molar-refractivity contribution is -0.142. The first-order valence-electron chi connectivity index (χ1n) is 8.20. The van der Waals surface area contributed by atoms with Crippen molar-refractivity contribution in [2.75, 3.05) is 7.11 Å². The number of ether oxygens (including phenoxy) is 1. The van der Waals surface area contributed by atoms with Gasteiger partial charge in [0.2, 0.25) is 0 Å². The number of hydrogen-bond acceptors (Lipinski definition) is 3. The van der Waals surface area contributed by atoms with Crippen molar-refractivity contribution < 1.29 is 18.7 Å². The van der Waals surface area contributed by atoms with Gasteiger partial charge >= 0.3 is 5.97 Å². The lowest BCUT2D eigenvalue weighted by Gasteiger charge is -2.17. The summed E-state index contributed by atoms with van der Waals surface area (Å²) in [6.45, 7) is 0. The standard InChI is InChI=1S/C21H18FNO3/c1-26-21(25)19(13-15-8-3-5-12-18(15)22)23-20(24)17-11-6-9-14-7-2-4-10-16(14)17/h2-12,19H,13H2,1H3,(H,23,24)/t19-/m1/s1. The molecule has 0 unspecified atom stereocenters. The van der Waals surface area contributed by atoms with Crippen LogP contribution in [0.2, 0.25) is 0 Å². The molecule has 26 heavy (non-hydrogen) atoms. The minimum Gasteiger partial charge on any atom is -0.467 e. The number of carbonyl (C=O) groups excluding carboxylic acids is 2. The molecule has 0 aliphatic carbocycles. The lowest BCUT2D eigenvalue weighted by atomic mass is 10.0. The number of carbonyl (C=O) groups is 2. The average molecular weight is 351 g/mol. The highest BCUT2D eigenvalue weighted by atomic mass is 19.1. The quantitative estimate of drug-likeness (QED) is 0.716. The third-order valence-electron chi connectivity index (χ3n) is 4.21. The average Bonchev–Trinajstić information content (AvgIpc) is 2.67. The second kappa shape index (κ2) is 7.78. The van der Waals surface area contributed by atoms with Crippen molar-refractivity contribution in [1.29, 1.82) is 0 Å². The van der Waals surface area contributed by atoms with Crippen molar-refractivity contribution >= 4 is 22.6 Å². The van der Waals surface area contributed by atoms with Crippen LogP contribution in [0.15, 0.2) is 66.7 Å². The first-order chi connectivity index (χ1) is 12.6. The van der Waals surface area contributed by atoms with Crippen LogP contribution in [-0.4, -0.2) is 25.0 Å².